The third-order valence-corrected chi connectivity index (χ3v) is 5.29. The van der Waals surface area contributed by atoms with Gasteiger partial charge in [0, 0.05) is 26.2 Å². The normalized spacial score (nSPS) is 21.5. The zero-order chi connectivity index (χ0) is 16.1. The molecule has 2 saturated heterocycles. The number of piperidine rings is 1. The smallest absolute Gasteiger partial charge is 0.236 e. The van der Waals surface area contributed by atoms with Crippen LogP contribution in [0.1, 0.15) is 18.4 Å². The highest BCUT2D eigenvalue weighted by Gasteiger charge is 2.24. The van der Waals surface area contributed by atoms with Crippen LogP contribution >= 0.6 is 0 Å². The highest BCUT2D eigenvalue weighted by molar-refractivity contribution is 5.78. The Hall–Kier alpha value is -1.39. The zero-order valence-electron chi connectivity index (χ0n) is 14.3. The molecule has 3 rings (SSSR count). The number of carbonyl (C=O) groups excluding carboxylic acids is 1. The molecular formula is C19H29N3O. The topological polar surface area (TPSA) is 26.8 Å². The Balaban J connectivity index is 1.40. The molecule has 0 saturated carbocycles. The predicted molar refractivity (Wildman–Crippen MR) is 93.4 cm³/mol. The van der Waals surface area contributed by atoms with Crippen LogP contribution in [0.5, 0.6) is 0 Å². The average molecular weight is 315 g/mol. The molecule has 0 N–H and O–H groups in total. The van der Waals surface area contributed by atoms with Gasteiger partial charge in [-0.15, -0.1) is 0 Å². The van der Waals surface area contributed by atoms with Gasteiger partial charge >= 0.3 is 0 Å². The Labute approximate surface area is 140 Å². The molecule has 1 amide bonds. The second-order valence-electron chi connectivity index (χ2n) is 7.09. The lowest BCUT2D eigenvalue weighted by Gasteiger charge is -2.36. The molecule has 4 heteroatoms. The Bertz CT molecular complexity index is 489. The summed E-state index contributed by atoms with van der Waals surface area (Å²) in [5.41, 5.74) is 1.44. The van der Waals surface area contributed by atoms with Gasteiger partial charge in [-0.1, -0.05) is 30.3 Å². The molecule has 2 heterocycles. The molecular weight excluding hydrogens is 286 g/mol. The van der Waals surface area contributed by atoms with E-state index in [1.807, 2.05) is 4.90 Å². The number of carbonyl (C=O) groups is 1. The molecule has 0 bridgehead atoms. The van der Waals surface area contributed by atoms with Crippen molar-refractivity contribution in [2.75, 3.05) is 52.9 Å². The van der Waals surface area contributed by atoms with Crippen molar-refractivity contribution in [2.45, 2.75) is 19.3 Å². The van der Waals surface area contributed by atoms with Crippen molar-refractivity contribution >= 4 is 5.91 Å². The molecule has 126 valence electrons. The molecule has 1 aromatic rings. The Kier molecular flexibility index (Phi) is 5.68. The van der Waals surface area contributed by atoms with Gasteiger partial charge in [0.2, 0.25) is 5.91 Å². The fourth-order valence-corrected chi connectivity index (χ4v) is 3.64. The number of hydrogen-bond donors (Lipinski definition) is 0. The number of likely N-dealkylation sites (N-methyl/N-ethyl adjacent to an activating group) is 1. The lowest BCUT2D eigenvalue weighted by Crippen LogP contribution is -2.50. The van der Waals surface area contributed by atoms with Gasteiger partial charge < -0.3 is 9.80 Å². The quantitative estimate of drug-likeness (QED) is 0.846. The van der Waals surface area contributed by atoms with Gasteiger partial charge in [0.25, 0.3) is 0 Å². The van der Waals surface area contributed by atoms with Gasteiger partial charge in [-0.2, -0.15) is 0 Å². The highest BCUT2D eigenvalue weighted by Crippen LogP contribution is 2.21. The summed E-state index contributed by atoms with van der Waals surface area (Å²) in [6.07, 6.45) is 3.61. The molecule has 1 aromatic carbocycles. The number of piperazine rings is 1. The minimum absolute atomic E-state index is 0.319. The average Bonchev–Trinajstić information content (AvgIpc) is 2.58. The van der Waals surface area contributed by atoms with Crippen molar-refractivity contribution in [3.05, 3.63) is 35.9 Å². The monoisotopic (exact) mass is 315 g/mol. The van der Waals surface area contributed by atoms with Crippen molar-refractivity contribution in [2.24, 2.45) is 5.92 Å². The van der Waals surface area contributed by atoms with Crippen LogP contribution in [0.25, 0.3) is 0 Å². The fraction of sp³-hybridized carbons (Fsp3) is 0.632. The van der Waals surface area contributed by atoms with Crippen molar-refractivity contribution in [3.8, 4) is 0 Å². The van der Waals surface area contributed by atoms with Gasteiger partial charge in [0.15, 0.2) is 0 Å². The van der Waals surface area contributed by atoms with E-state index < -0.39 is 0 Å². The maximum Gasteiger partial charge on any atom is 0.236 e. The van der Waals surface area contributed by atoms with E-state index in [1.54, 1.807) is 0 Å². The Morgan fingerprint density at radius 3 is 2.30 bits per heavy atom. The summed E-state index contributed by atoms with van der Waals surface area (Å²) >= 11 is 0. The van der Waals surface area contributed by atoms with Crippen LogP contribution in [0.4, 0.5) is 0 Å². The summed E-state index contributed by atoms with van der Waals surface area (Å²) < 4.78 is 0. The summed E-state index contributed by atoms with van der Waals surface area (Å²) in [5.74, 6) is 1.09. The summed E-state index contributed by atoms with van der Waals surface area (Å²) in [6, 6.07) is 10.8. The second-order valence-corrected chi connectivity index (χ2v) is 7.09. The third-order valence-electron chi connectivity index (χ3n) is 5.29. The van der Waals surface area contributed by atoms with E-state index in [2.05, 4.69) is 47.2 Å². The lowest BCUT2D eigenvalue weighted by molar-refractivity contribution is -0.134. The molecule has 0 aliphatic carbocycles. The van der Waals surface area contributed by atoms with Gasteiger partial charge in [-0.3, -0.25) is 9.69 Å². The van der Waals surface area contributed by atoms with E-state index in [9.17, 15) is 4.79 Å². The van der Waals surface area contributed by atoms with Crippen molar-refractivity contribution < 1.29 is 4.79 Å². The first-order valence-electron chi connectivity index (χ1n) is 8.93. The van der Waals surface area contributed by atoms with Crippen LogP contribution in [-0.4, -0.2) is 73.5 Å². The number of nitrogens with zero attached hydrogens (tertiary/aromatic N) is 3. The molecule has 0 unspecified atom stereocenters. The van der Waals surface area contributed by atoms with E-state index in [4.69, 9.17) is 0 Å². The summed E-state index contributed by atoms with van der Waals surface area (Å²) in [5, 5.41) is 0. The van der Waals surface area contributed by atoms with Crippen LogP contribution in [-0.2, 0) is 11.2 Å². The highest BCUT2D eigenvalue weighted by atomic mass is 16.2. The summed E-state index contributed by atoms with van der Waals surface area (Å²) in [6.45, 7) is 6.53. The standard InChI is InChI=1S/C19H29N3O/c1-20-11-13-22(14-12-20)19(23)16-21-9-7-18(8-10-21)15-17-5-3-2-4-6-17/h2-6,18H,7-16H2,1H3. The molecule has 0 atom stereocenters. The maximum atomic E-state index is 12.4. The van der Waals surface area contributed by atoms with E-state index in [0.29, 0.717) is 12.5 Å². The SMILES string of the molecule is CN1CCN(C(=O)CN2CCC(Cc3ccccc3)CC2)CC1. The van der Waals surface area contributed by atoms with Crippen LogP contribution < -0.4 is 0 Å². The Morgan fingerprint density at radius 1 is 1.00 bits per heavy atom. The number of benzene rings is 1. The molecule has 4 nitrogen and oxygen atoms in total. The number of rotatable bonds is 4. The molecule has 2 fully saturated rings. The number of hydrogen-bond acceptors (Lipinski definition) is 3. The van der Waals surface area contributed by atoms with Crippen LogP contribution in [0.2, 0.25) is 0 Å². The molecule has 0 aromatic heterocycles. The largest absolute Gasteiger partial charge is 0.339 e. The second kappa shape index (κ2) is 7.93. The third kappa shape index (κ3) is 4.79. The summed E-state index contributed by atoms with van der Waals surface area (Å²) in [4.78, 5) is 19.1. The van der Waals surface area contributed by atoms with Crippen LogP contribution in [0.3, 0.4) is 0 Å². The first-order chi connectivity index (χ1) is 11.2. The van der Waals surface area contributed by atoms with E-state index in [-0.39, 0.29) is 0 Å². The Morgan fingerprint density at radius 2 is 1.65 bits per heavy atom. The maximum absolute atomic E-state index is 12.4. The van der Waals surface area contributed by atoms with Crippen molar-refractivity contribution in [1.29, 1.82) is 0 Å². The summed E-state index contributed by atoms with van der Waals surface area (Å²) in [7, 11) is 2.12. The minimum Gasteiger partial charge on any atom is -0.339 e. The number of likely N-dealkylation sites (tertiary alicyclic amines) is 1. The molecule has 0 spiro atoms. The molecule has 2 aliphatic heterocycles. The van der Waals surface area contributed by atoms with Crippen molar-refractivity contribution in [1.82, 2.24) is 14.7 Å². The van der Waals surface area contributed by atoms with Crippen LogP contribution in [0, 0.1) is 5.92 Å². The minimum atomic E-state index is 0.319. The first kappa shape index (κ1) is 16.5. The van der Waals surface area contributed by atoms with Crippen LogP contribution in [0.15, 0.2) is 30.3 Å². The zero-order valence-corrected chi connectivity index (χ0v) is 14.3. The van der Waals surface area contributed by atoms with Gasteiger partial charge in [-0.25, -0.2) is 0 Å². The fourth-order valence-electron chi connectivity index (χ4n) is 3.64. The van der Waals surface area contributed by atoms with Gasteiger partial charge in [0.1, 0.15) is 0 Å². The predicted octanol–water partition coefficient (Wildman–Crippen LogP) is 1.72. The van der Waals surface area contributed by atoms with Gasteiger partial charge in [-0.05, 0) is 50.9 Å². The van der Waals surface area contributed by atoms with E-state index in [1.165, 1.54) is 24.8 Å². The van der Waals surface area contributed by atoms with Crippen molar-refractivity contribution in [3.63, 3.8) is 0 Å². The number of amides is 1. The molecule has 2 aliphatic rings. The first-order valence-corrected chi connectivity index (χ1v) is 8.93. The van der Waals surface area contributed by atoms with E-state index in [0.717, 1.165) is 45.2 Å². The molecule has 23 heavy (non-hydrogen) atoms. The van der Waals surface area contributed by atoms with Gasteiger partial charge in [0.05, 0.1) is 6.54 Å². The van der Waals surface area contributed by atoms with E-state index >= 15 is 0 Å². The lowest BCUT2D eigenvalue weighted by atomic mass is 9.90. The molecule has 0 radical (unpaired) electrons.